The second-order valence-corrected chi connectivity index (χ2v) is 6.66. The van der Waals surface area contributed by atoms with Gasteiger partial charge in [0.25, 0.3) is 0 Å². The number of aromatic nitrogens is 2. The molecule has 0 aliphatic carbocycles. The van der Waals surface area contributed by atoms with Gasteiger partial charge in [-0.2, -0.15) is 0 Å². The minimum absolute atomic E-state index is 0.0858. The van der Waals surface area contributed by atoms with Crippen LogP contribution >= 0.6 is 11.3 Å². The lowest BCUT2D eigenvalue weighted by atomic mass is 10.2. The minimum atomic E-state index is 0.0858. The van der Waals surface area contributed by atoms with E-state index in [9.17, 15) is 4.79 Å². The Bertz CT molecular complexity index is 802. The van der Waals surface area contributed by atoms with Gasteiger partial charge < -0.3 is 4.90 Å². The van der Waals surface area contributed by atoms with Crippen molar-refractivity contribution in [1.82, 2.24) is 9.97 Å². The number of para-hydroxylation sites is 1. The van der Waals surface area contributed by atoms with Crippen LogP contribution in [0, 0.1) is 0 Å². The second kappa shape index (κ2) is 8.53. The van der Waals surface area contributed by atoms with E-state index in [1.54, 1.807) is 23.7 Å². The lowest BCUT2D eigenvalue weighted by Crippen LogP contribution is -2.33. The van der Waals surface area contributed by atoms with Crippen LogP contribution in [-0.4, -0.2) is 22.4 Å². The average molecular weight is 351 g/mol. The number of thiazole rings is 1. The van der Waals surface area contributed by atoms with Crippen LogP contribution in [0.5, 0.6) is 0 Å². The van der Waals surface area contributed by atoms with Gasteiger partial charge in [0.1, 0.15) is 5.01 Å². The van der Waals surface area contributed by atoms with Crippen molar-refractivity contribution in [2.75, 3.05) is 11.4 Å². The second-order valence-electron chi connectivity index (χ2n) is 5.80. The molecule has 0 spiro atoms. The van der Waals surface area contributed by atoms with E-state index in [2.05, 4.69) is 16.9 Å². The third-order valence-corrected chi connectivity index (χ3v) is 4.84. The average Bonchev–Trinajstić information content (AvgIpc) is 3.12. The number of amides is 1. The fourth-order valence-electron chi connectivity index (χ4n) is 2.58. The molecule has 3 aromatic rings. The molecule has 0 atom stereocenters. The zero-order chi connectivity index (χ0) is 17.5. The molecule has 25 heavy (non-hydrogen) atoms. The molecular weight excluding hydrogens is 330 g/mol. The van der Waals surface area contributed by atoms with Gasteiger partial charge in [-0.25, -0.2) is 4.98 Å². The smallest absolute Gasteiger partial charge is 0.233 e. The van der Waals surface area contributed by atoms with Gasteiger partial charge in [-0.15, -0.1) is 11.3 Å². The Hall–Kier alpha value is -2.53. The summed E-state index contributed by atoms with van der Waals surface area (Å²) in [6, 6.07) is 13.7. The first-order valence-electron chi connectivity index (χ1n) is 8.48. The summed E-state index contributed by atoms with van der Waals surface area (Å²) in [5.41, 5.74) is 2.74. The molecule has 5 heteroatoms. The lowest BCUT2D eigenvalue weighted by Gasteiger charge is -2.22. The maximum absolute atomic E-state index is 12.8. The Kier molecular flexibility index (Phi) is 5.90. The molecule has 0 N–H and O–H groups in total. The molecule has 0 bridgehead atoms. The van der Waals surface area contributed by atoms with Crippen LogP contribution in [0.15, 0.2) is 60.2 Å². The van der Waals surface area contributed by atoms with E-state index in [0.717, 1.165) is 41.3 Å². The Morgan fingerprint density at radius 3 is 2.72 bits per heavy atom. The highest BCUT2D eigenvalue weighted by Crippen LogP contribution is 2.23. The van der Waals surface area contributed by atoms with E-state index in [4.69, 9.17) is 0 Å². The van der Waals surface area contributed by atoms with Gasteiger partial charge >= 0.3 is 0 Å². The van der Waals surface area contributed by atoms with Gasteiger partial charge in [0, 0.05) is 35.6 Å². The number of unbranched alkanes of at least 4 members (excludes halogenated alkanes) is 1. The summed E-state index contributed by atoms with van der Waals surface area (Å²) in [7, 11) is 0. The van der Waals surface area contributed by atoms with Crippen molar-refractivity contribution < 1.29 is 4.79 Å². The summed E-state index contributed by atoms with van der Waals surface area (Å²) in [4.78, 5) is 23.4. The predicted molar refractivity (Wildman–Crippen MR) is 103 cm³/mol. The minimum Gasteiger partial charge on any atom is -0.312 e. The van der Waals surface area contributed by atoms with Crippen LogP contribution < -0.4 is 4.90 Å². The monoisotopic (exact) mass is 351 g/mol. The lowest BCUT2D eigenvalue weighted by molar-refractivity contribution is -0.118. The number of hydrogen-bond donors (Lipinski definition) is 0. The van der Waals surface area contributed by atoms with Crippen LogP contribution in [0.25, 0.3) is 10.6 Å². The molecule has 0 unspecified atom stereocenters. The highest BCUT2D eigenvalue weighted by Gasteiger charge is 2.17. The number of anilines is 1. The van der Waals surface area contributed by atoms with Crippen molar-refractivity contribution in [3.63, 3.8) is 0 Å². The summed E-state index contributed by atoms with van der Waals surface area (Å²) >= 11 is 1.55. The van der Waals surface area contributed by atoms with Crippen LogP contribution in [0.2, 0.25) is 0 Å². The number of benzene rings is 1. The highest BCUT2D eigenvalue weighted by atomic mass is 32.1. The fourth-order valence-corrected chi connectivity index (χ4v) is 3.39. The van der Waals surface area contributed by atoms with Crippen LogP contribution in [0.3, 0.4) is 0 Å². The summed E-state index contributed by atoms with van der Waals surface area (Å²) < 4.78 is 0. The van der Waals surface area contributed by atoms with Crippen molar-refractivity contribution in [2.45, 2.75) is 26.2 Å². The van der Waals surface area contributed by atoms with Crippen molar-refractivity contribution in [1.29, 1.82) is 0 Å². The van der Waals surface area contributed by atoms with E-state index < -0.39 is 0 Å². The molecule has 1 amide bonds. The molecule has 0 fully saturated rings. The normalized spacial score (nSPS) is 10.6. The third kappa shape index (κ3) is 4.51. The molecule has 3 rings (SSSR count). The highest BCUT2D eigenvalue weighted by molar-refractivity contribution is 7.13. The van der Waals surface area contributed by atoms with Gasteiger partial charge in [0.15, 0.2) is 0 Å². The Balaban J connectivity index is 1.74. The van der Waals surface area contributed by atoms with Gasteiger partial charge in [0.05, 0.1) is 12.1 Å². The van der Waals surface area contributed by atoms with E-state index in [0.29, 0.717) is 6.42 Å². The fraction of sp³-hybridized carbons (Fsp3) is 0.250. The molecule has 2 aromatic heterocycles. The topological polar surface area (TPSA) is 46.1 Å². The number of carbonyl (C=O) groups excluding carboxylic acids is 1. The molecule has 0 aliphatic heterocycles. The molecule has 0 saturated heterocycles. The Labute approximate surface area is 152 Å². The Morgan fingerprint density at radius 1 is 1.16 bits per heavy atom. The molecule has 2 heterocycles. The third-order valence-electron chi connectivity index (χ3n) is 3.90. The number of carbonyl (C=O) groups is 1. The first kappa shape index (κ1) is 17.3. The van der Waals surface area contributed by atoms with E-state index in [-0.39, 0.29) is 5.91 Å². The summed E-state index contributed by atoms with van der Waals surface area (Å²) in [5, 5.41) is 2.86. The first-order valence-corrected chi connectivity index (χ1v) is 9.36. The summed E-state index contributed by atoms with van der Waals surface area (Å²) in [6.45, 7) is 2.87. The van der Waals surface area contributed by atoms with Crippen LogP contribution in [-0.2, 0) is 11.2 Å². The number of pyridine rings is 1. The quantitative estimate of drug-likeness (QED) is 0.626. The molecular formula is C20H21N3OS. The van der Waals surface area contributed by atoms with E-state index in [1.807, 2.05) is 52.7 Å². The number of rotatable bonds is 7. The zero-order valence-electron chi connectivity index (χ0n) is 14.3. The predicted octanol–water partition coefficient (Wildman–Crippen LogP) is 4.58. The zero-order valence-corrected chi connectivity index (χ0v) is 15.1. The molecule has 128 valence electrons. The van der Waals surface area contributed by atoms with Gasteiger partial charge in [0.2, 0.25) is 5.91 Å². The van der Waals surface area contributed by atoms with E-state index in [1.165, 1.54) is 0 Å². The molecule has 4 nitrogen and oxygen atoms in total. The van der Waals surface area contributed by atoms with Gasteiger partial charge in [-0.1, -0.05) is 31.5 Å². The summed E-state index contributed by atoms with van der Waals surface area (Å²) in [5.74, 6) is 0.0858. The van der Waals surface area contributed by atoms with Crippen LogP contribution in [0.4, 0.5) is 5.69 Å². The van der Waals surface area contributed by atoms with Crippen molar-refractivity contribution in [2.24, 2.45) is 0 Å². The first-order chi connectivity index (χ1) is 12.3. The van der Waals surface area contributed by atoms with Crippen molar-refractivity contribution in [3.8, 4) is 10.6 Å². The maximum Gasteiger partial charge on any atom is 0.233 e. The van der Waals surface area contributed by atoms with Gasteiger partial charge in [-0.3, -0.25) is 9.78 Å². The molecule has 0 saturated carbocycles. The SMILES string of the molecule is CCCCN(C(=O)Cc1csc(-c2cccnc2)n1)c1ccccc1. The van der Waals surface area contributed by atoms with Crippen molar-refractivity contribution in [3.05, 3.63) is 65.9 Å². The molecule has 0 aliphatic rings. The van der Waals surface area contributed by atoms with E-state index >= 15 is 0 Å². The number of hydrogen-bond acceptors (Lipinski definition) is 4. The molecule has 0 radical (unpaired) electrons. The number of nitrogens with zero attached hydrogens (tertiary/aromatic N) is 3. The van der Waals surface area contributed by atoms with Gasteiger partial charge in [-0.05, 0) is 30.7 Å². The van der Waals surface area contributed by atoms with Crippen molar-refractivity contribution >= 4 is 22.9 Å². The molecule has 1 aromatic carbocycles. The summed E-state index contributed by atoms with van der Waals surface area (Å²) in [6.07, 6.45) is 5.89. The standard InChI is InChI=1S/C20H21N3OS/c1-2-3-12-23(18-9-5-4-6-10-18)19(24)13-17-15-25-20(22-17)16-8-7-11-21-14-16/h4-11,14-15H,2-3,12-13H2,1H3. The largest absolute Gasteiger partial charge is 0.312 e. The van der Waals surface area contributed by atoms with Crippen LogP contribution in [0.1, 0.15) is 25.5 Å². The maximum atomic E-state index is 12.8. The Morgan fingerprint density at radius 2 is 2.00 bits per heavy atom.